The Bertz CT molecular complexity index is 881. The number of carbonyl (C=O) groups excluding carboxylic acids is 2. The van der Waals surface area contributed by atoms with Crippen molar-refractivity contribution in [3.8, 4) is 0 Å². The van der Waals surface area contributed by atoms with Crippen molar-refractivity contribution >= 4 is 39.5 Å². The van der Waals surface area contributed by atoms with E-state index in [2.05, 4.69) is 67.1 Å². The molecule has 0 fully saturated rings. The molecule has 0 saturated carbocycles. The molecule has 2 aromatic rings. The van der Waals surface area contributed by atoms with E-state index in [1.165, 1.54) is 16.7 Å². The first-order valence-electron chi connectivity index (χ1n) is 10.6. The molecule has 4 nitrogen and oxygen atoms in total. The molecule has 0 radical (unpaired) electrons. The highest BCUT2D eigenvalue weighted by atomic mass is 79.9. The fourth-order valence-electron chi connectivity index (χ4n) is 3.36. The van der Waals surface area contributed by atoms with Crippen LogP contribution in [0.25, 0.3) is 0 Å². The maximum atomic E-state index is 13.2. The highest BCUT2D eigenvalue weighted by molar-refractivity contribution is 9.10. The molecule has 0 aromatic heterocycles. The summed E-state index contributed by atoms with van der Waals surface area (Å²) in [7, 11) is 0. The van der Waals surface area contributed by atoms with Gasteiger partial charge in [-0.2, -0.15) is 0 Å². The van der Waals surface area contributed by atoms with E-state index >= 15 is 0 Å². The van der Waals surface area contributed by atoms with Gasteiger partial charge in [-0.25, -0.2) is 0 Å². The van der Waals surface area contributed by atoms with Crippen LogP contribution in [0.15, 0.2) is 46.9 Å². The van der Waals surface area contributed by atoms with E-state index in [0.717, 1.165) is 15.8 Å². The average Bonchev–Trinajstić information content (AvgIpc) is 2.69. The van der Waals surface area contributed by atoms with Gasteiger partial charge in [0.15, 0.2) is 0 Å². The van der Waals surface area contributed by atoms with Gasteiger partial charge in [0.2, 0.25) is 11.8 Å². The third-order valence-electron chi connectivity index (χ3n) is 4.87. The average molecular weight is 506 g/mol. The normalized spacial score (nSPS) is 12.0. The maximum Gasteiger partial charge on any atom is 0.242 e. The van der Waals surface area contributed by atoms with E-state index in [0.29, 0.717) is 24.8 Å². The second-order valence-corrected chi connectivity index (χ2v) is 10.4. The number of aryl methyl sites for hydroxylation is 2. The van der Waals surface area contributed by atoms with E-state index in [4.69, 9.17) is 0 Å². The van der Waals surface area contributed by atoms with E-state index < -0.39 is 6.04 Å². The number of nitrogens with zero attached hydrogens (tertiary/aromatic N) is 1. The van der Waals surface area contributed by atoms with E-state index in [1.54, 1.807) is 23.6 Å². The Morgan fingerprint density at radius 3 is 2.32 bits per heavy atom. The van der Waals surface area contributed by atoms with Crippen LogP contribution in [-0.2, 0) is 21.9 Å². The van der Waals surface area contributed by atoms with Gasteiger partial charge in [0.05, 0.1) is 5.75 Å². The largest absolute Gasteiger partial charge is 0.354 e. The van der Waals surface area contributed by atoms with Crippen LogP contribution in [-0.4, -0.2) is 35.1 Å². The minimum atomic E-state index is -0.535. The number of thioether (sulfide) groups is 1. The van der Waals surface area contributed by atoms with E-state index in [9.17, 15) is 9.59 Å². The molecule has 0 aliphatic rings. The van der Waals surface area contributed by atoms with Crippen molar-refractivity contribution in [2.45, 2.75) is 53.0 Å². The highest BCUT2D eigenvalue weighted by Gasteiger charge is 2.26. The van der Waals surface area contributed by atoms with Crippen LogP contribution in [0.3, 0.4) is 0 Å². The Morgan fingerprint density at radius 2 is 1.71 bits per heavy atom. The summed E-state index contributed by atoms with van der Waals surface area (Å²) < 4.78 is 0.957. The molecule has 6 heteroatoms. The van der Waals surface area contributed by atoms with Gasteiger partial charge >= 0.3 is 0 Å². The van der Waals surface area contributed by atoms with Crippen molar-refractivity contribution in [1.82, 2.24) is 10.2 Å². The Hall–Kier alpha value is -1.79. The van der Waals surface area contributed by atoms with Crippen LogP contribution < -0.4 is 5.32 Å². The van der Waals surface area contributed by atoms with Crippen LogP contribution in [0.5, 0.6) is 0 Å². The number of halogens is 1. The summed E-state index contributed by atoms with van der Waals surface area (Å²) >= 11 is 5.08. The molecule has 1 unspecified atom stereocenters. The van der Waals surface area contributed by atoms with Crippen LogP contribution in [0.1, 0.15) is 43.0 Å². The summed E-state index contributed by atoms with van der Waals surface area (Å²) in [6.45, 7) is 11.1. The SMILES string of the molecule is Cc1cc(C)cc(CSCC(=O)N(Cc2cccc(Br)c2)C(C)C(=O)NCC(C)C)c1. The first kappa shape index (κ1) is 25.5. The number of carbonyl (C=O) groups is 2. The molecule has 2 amide bonds. The van der Waals surface area contributed by atoms with Crippen molar-refractivity contribution in [2.75, 3.05) is 12.3 Å². The van der Waals surface area contributed by atoms with E-state index in [1.807, 2.05) is 24.3 Å². The third kappa shape index (κ3) is 8.69. The molecule has 0 bridgehead atoms. The Labute approximate surface area is 199 Å². The molecule has 0 aliphatic heterocycles. The van der Waals surface area contributed by atoms with E-state index in [-0.39, 0.29) is 11.8 Å². The molecule has 1 atom stereocenters. The van der Waals surface area contributed by atoms with Gasteiger partial charge in [0, 0.05) is 23.3 Å². The lowest BCUT2D eigenvalue weighted by Gasteiger charge is -2.29. The second kappa shape index (κ2) is 12.3. The van der Waals surface area contributed by atoms with Gasteiger partial charge < -0.3 is 10.2 Å². The van der Waals surface area contributed by atoms with Gasteiger partial charge in [-0.05, 0) is 49.9 Å². The number of rotatable bonds is 10. The topological polar surface area (TPSA) is 49.4 Å². The smallest absolute Gasteiger partial charge is 0.242 e. The highest BCUT2D eigenvalue weighted by Crippen LogP contribution is 2.19. The van der Waals surface area contributed by atoms with Crippen LogP contribution in [0, 0.1) is 19.8 Å². The Kier molecular flexibility index (Phi) is 10.1. The number of benzene rings is 2. The van der Waals surface area contributed by atoms with Crippen LogP contribution in [0.2, 0.25) is 0 Å². The molecule has 31 heavy (non-hydrogen) atoms. The van der Waals surface area contributed by atoms with Crippen molar-refractivity contribution in [1.29, 1.82) is 0 Å². The lowest BCUT2D eigenvalue weighted by atomic mass is 10.1. The zero-order chi connectivity index (χ0) is 23.0. The molecule has 2 rings (SSSR count). The zero-order valence-corrected chi connectivity index (χ0v) is 21.5. The van der Waals surface area contributed by atoms with Crippen LogP contribution >= 0.6 is 27.7 Å². The van der Waals surface area contributed by atoms with Crippen molar-refractivity contribution in [2.24, 2.45) is 5.92 Å². The molecule has 1 N–H and O–H groups in total. The summed E-state index contributed by atoms with van der Waals surface area (Å²) in [6, 6.07) is 13.8. The van der Waals surface area contributed by atoms with Gasteiger partial charge in [-0.3, -0.25) is 9.59 Å². The first-order valence-corrected chi connectivity index (χ1v) is 12.6. The summed E-state index contributed by atoms with van der Waals surface area (Å²) in [6.07, 6.45) is 0. The predicted octanol–water partition coefficient (Wildman–Crippen LogP) is 5.49. The minimum Gasteiger partial charge on any atom is -0.354 e. The summed E-state index contributed by atoms with van der Waals surface area (Å²) in [5, 5.41) is 2.96. The summed E-state index contributed by atoms with van der Waals surface area (Å²) in [5.74, 6) is 1.33. The van der Waals surface area contributed by atoms with Gasteiger partial charge in [-0.1, -0.05) is 71.2 Å². The number of hydrogen-bond acceptors (Lipinski definition) is 3. The van der Waals surface area contributed by atoms with Crippen molar-refractivity contribution in [3.05, 3.63) is 69.2 Å². The third-order valence-corrected chi connectivity index (χ3v) is 6.35. The standard InChI is InChI=1S/C25H33BrN2O2S/c1-17(2)13-27-25(30)20(5)28(14-21-7-6-8-23(26)12-21)24(29)16-31-15-22-10-18(3)9-19(4)11-22/h6-12,17,20H,13-16H2,1-5H3,(H,27,30). The molecule has 0 saturated heterocycles. The van der Waals surface area contributed by atoms with Crippen molar-refractivity contribution in [3.63, 3.8) is 0 Å². The zero-order valence-electron chi connectivity index (χ0n) is 19.1. The van der Waals surface area contributed by atoms with Gasteiger partial charge in [0.25, 0.3) is 0 Å². The summed E-state index contributed by atoms with van der Waals surface area (Å²) in [4.78, 5) is 27.5. The molecular formula is C25H33BrN2O2S. The number of nitrogens with one attached hydrogen (secondary N) is 1. The lowest BCUT2D eigenvalue weighted by Crippen LogP contribution is -2.48. The number of amides is 2. The molecular weight excluding hydrogens is 472 g/mol. The van der Waals surface area contributed by atoms with Crippen LogP contribution in [0.4, 0.5) is 0 Å². The number of hydrogen-bond donors (Lipinski definition) is 1. The molecule has 0 heterocycles. The Morgan fingerprint density at radius 1 is 1.03 bits per heavy atom. The maximum absolute atomic E-state index is 13.2. The Balaban J connectivity index is 2.08. The second-order valence-electron chi connectivity index (χ2n) is 8.46. The monoisotopic (exact) mass is 504 g/mol. The fraction of sp³-hybridized carbons (Fsp3) is 0.440. The first-order chi connectivity index (χ1) is 14.7. The van der Waals surface area contributed by atoms with Gasteiger partial charge in [-0.15, -0.1) is 11.8 Å². The molecule has 0 aliphatic carbocycles. The molecule has 168 valence electrons. The summed E-state index contributed by atoms with van der Waals surface area (Å²) in [5.41, 5.74) is 4.67. The molecule has 2 aromatic carbocycles. The minimum absolute atomic E-state index is 0.0263. The molecule has 0 spiro atoms. The predicted molar refractivity (Wildman–Crippen MR) is 134 cm³/mol. The van der Waals surface area contributed by atoms with Gasteiger partial charge in [0.1, 0.15) is 6.04 Å². The van der Waals surface area contributed by atoms with Crippen molar-refractivity contribution < 1.29 is 9.59 Å². The quantitative estimate of drug-likeness (QED) is 0.465. The lowest BCUT2D eigenvalue weighted by molar-refractivity contribution is -0.138. The fourth-order valence-corrected chi connectivity index (χ4v) is 4.65.